The van der Waals surface area contributed by atoms with Crippen LogP contribution >= 0.6 is 0 Å². The number of hydrogen-bond acceptors (Lipinski definition) is 4. The molecule has 1 atom stereocenters. The number of nitrogens with one attached hydrogen (secondary N) is 1. The molecule has 5 nitrogen and oxygen atoms in total. The van der Waals surface area contributed by atoms with Gasteiger partial charge in [0.05, 0.1) is 0 Å². The van der Waals surface area contributed by atoms with E-state index < -0.39 is 15.6 Å². The minimum atomic E-state index is -4.01. The fraction of sp³-hybridized carbons (Fsp3) is 0.667. The fourth-order valence-corrected chi connectivity index (χ4v) is 1.08. The molecule has 6 heteroatoms. The highest BCUT2D eigenvalue weighted by Crippen LogP contribution is 1.98. The highest BCUT2D eigenvalue weighted by Gasteiger charge is 2.22. The van der Waals surface area contributed by atoms with Crippen molar-refractivity contribution in [2.24, 2.45) is 4.99 Å². The molecule has 0 spiro atoms. The molecule has 0 aromatic heterocycles. The van der Waals surface area contributed by atoms with Gasteiger partial charge in [-0.15, -0.1) is 0 Å². The maximum Gasteiger partial charge on any atom is 0.302 e. The fourth-order valence-electron chi connectivity index (χ4n) is 0.537. The molecule has 1 aliphatic rings. The van der Waals surface area contributed by atoms with Gasteiger partial charge in [0.15, 0.2) is 0 Å². The molecule has 1 heterocycles. The zero-order valence-corrected chi connectivity index (χ0v) is 5.30. The summed E-state index contributed by atoms with van der Waals surface area (Å²) in [6.07, 6.45) is 1.40. The van der Waals surface area contributed by atoms with Gasteiger partial charge in [-0.3, -0.25) is 14.9 Å². The summed E-state index contributed by atoms with van der Waals surface area (Å²) in [5, 5.41) is 2.44. The predicted octanol–water partition coefficient (Wildman–Crippen LogP) is -1.17. The van der Waals surface area contributed by atoms with Gasteiger partial charge >= 0.3 is 10.1 Å². The van der Waals surface area contributed by atoms with E-state index in [4.69, 9.17) is 4.55 Å². The Morgan fingerprint density at radius 2 is 2.44 bits per heavy atom. The highest BCUT2D eigenvalue weighted by molar-refractivity contribution is 7.86. The lowest BCUT2D eigenvalue weighted by molar-refractivity contribution is 0.461. The normalized spacial score (nSPS) is 27.0. The molecule has 1 unspecified atom stereocenters. The lowest BCUT2D eigenvalue weighted by atomic mass is 10.8. The first-order valence-electron chi connectivity index (χ1n) is 2.32. The molecular weight excluding hydrogens is 144 g/mol. The van der Waals surface area contributed by atoms with E-state index in [9.17, 15) is 8.42 Å². The maximum atomic E-state index is 10.2. The van der Waals surface area contributed by atoms with Gasteiger partial charge < -0.3 is 0 Å². The van der Waals surface area contributed by atoms with Gasteiger partial charge in [0.25, 0.3) is 0 Å². The van der Waals surface area contributed by atoms with Gasteiger partial charge in [-0.1, -0.05) is 0 Å². The van der Waals surface area contributed by atoms with Crippen LogP contribution in [-0.2, 0) is 10.1 Å². The van der Waals surface area contributed by atoms with E-state index in [0.29, 0.717) is 6.54 Å². The Bertz CT molecular complexity index is 219. The number of hydrogen-bond donors (Lipinski definition) is 2. The molecule has 0 aromatic carbocycles. The molecule has 0 amide bonds. The Morgan fingerprint density at radius 3 is 2.67 bits per heavy atom. The number of nitrogens with zero attached hydrogens (tertiary/aromatic N) is 1. The summed E-state index contributed by atoms with van der Waals surface area (Å²) < 4.78 is 28.7. The summed E-state index contributed by atoms with van der Waals surface area (Å²) in [6, 6.07) is 0. The number of aliphatic imine (C=N–C) groups is 1. The van der Waals surface area contributed by atoms with Crippen LogP contribution in [0, 0.1) is 0 Å². The van der Waals surface area contributed by atoms with E-state index in [1.807, 2.05) is 0 Å². The Kier molecular flexibility index (Phi) is 1.52. The molecule has 9 heavy (non-hydrogen) atoms. The van der Waals surface area contributed by atoms with E-state index in [1.165, 1.54) is 6.21 Å². The van der Waals surface area contributed by atoms with Gasteiger partial charge in [0.1, 0.15) is 0 Å². The van der Waals surface area contributed by atoms with Crippen molar-refractivity contribution in [3.05, 3.63) is 0 Å². The van der Waals surface area contributed by atoms with Crippen molar-refractivity contribution in [2.75, 3.05) is 6.54 Å². The Morgan fingerprint density at radius 1 is 1.78 bits per heavy atom. The zero-order valence-electron chi connectivity index (χ0n) is 4.48. The minimum absolute atomic E-state index is 0.393. The Balaban J connectivity index is 2.76. The quantitative estimate of drug-likeness (QED) is 0.462. The molecule has 0 bridgehead atoms. The average Bonchev–Trinajstić information content (AvgIpc) is 2.08. The molecule has 0 radical (unpaired) electrons. The van der Waals surface area contributed by atoms with E-state index in [-0.39, 0.29) is 0 Å². The predicted molar refractivity (Wildman–Crippen MR) is 31.8 cm³/mol. The Labute approximate surface area is 52.5 Å². The molecule has 0 fully saturated rings. The molecule has 0 saturated carbocycles. The molecule has 52 valence electrons. The second-order valence-electron chi connectivity index (χ2n) is 1.61. The van der Waals surface area contributed by atoms with Crippen LogP contribution in [0.1, 0.15) is 0 Å². The van der Waals surface area contributed by atoms with Crippen LogP contribution in [0.15, 0.2) is 4.99 Å². The first-order valence-corrected chi connectivity index (χ1v) is 3.82. The van der Waals surface area contributed by atoms with Crippen LogP contribution in [0.2, 0.25) is 0 Å². The van der Waals surface area contributed by atoms with Gasteiger partial charge in [0.2, 0.25) is 5.50 Å². The van der Waals surface area contributed by atoms with Crippen molar-refractivity contribution in [3.63, 3.8) is 0 Å². The number of rotatable bonds is 1. The van der Waals surface area contributed by atoms with Crippen LogP contribution in [0.3, 0.4) is 0 Å². The third-order valence-electron chi connectivity index (χ3n) is 0.907. The third-order valence-corrected chi connectivity index (χ3v) is 1.76. The summed E-state index contributed by atoms with van der Waals surface area (Å²) in [5.41, 5.74) is -1.14. The first-order chi connectivity index (χ1) is 4.11. The highest BCUT2D eigenvalue weighted by atomic mass is 32.2. The molecule has 1 aliphatic heterocycles. The molecule has 0 saturated heterocycles. The van der Waals surface area contributed by atoms with Crippen molar-refractivity contribution in [3.8, 4) is 0 Å². The van der Waals surface area contributed by atoms with Crippen LogP contribution in [0.25, 0.3) is 0 Å². The van der Waals surface area contributed by atoms with Crippen molar-refractivity contribution < 1.29 is 13.0 Å². The second-order valence-corrected chi connectivity index (χ2v) is 3.08. The largest absolute Gasteiger partial charge is 0.302 e. The summed E-state index contributed by atoms with van der Waals surface area (Å²) in [7, 11) is -4.01. The molecule has 0 aromatic rings. The van der Waals surface area contributed by atoms with E-state index in [2.05, 4.69) is 10.3 Å². The van der Waals surface area contributed by atoms with E-state index >= 15 is 0 Å². The van der Waals surface area contributed by atoms with E-state index in [0.717, 1.165) is 0 Å². The van der Waals surface area contributed by atoms with Crippen LogP contribution < -0.4 is 5.32 Å². The third kappa shape index (κ3) is 1.47. The molecule has 2 N–H and O–H groups in total. The summed E-state index contributed by atoms with van der Waals surface area (Å²) in [5.74, 6) is 0. The van der Waals surface area contributed by atoms with Gasteiger partial charge in [-0.05, 0) is 0 Å². The topological polar surface area (TPSA) is 78.8 Å². The van der Waals surface area contributed by atoms with Crippen molar-refractivity contribution in [2.45, 2.75) is 5.50 Å². The van der Waals surface area contributed by atoms with Crippen LogP contribution in [-0.4, -0.2) is 31.2 Å². The summed E-state index contributed by atoms with van der Waals surface area (Å²) >= 11 is 0. The molecular formula is C3H6N2O3S. The van der Waals surface area contributed by atoms with Crippen molar-refractivity contribution in [1.29, 1.82) is 0 Å². The van der Waals surface area contributed by atoms with Crippen LogP contribution in [0.5, 0.6) is 0 Å². The smallest absolute Gasteiger partial charge is 0.283 e. The Hall–Kier alpha value is -0.460. The second kappa shape index (κ2) is 2.05. The maximum absolute atomic E-state index is 10.2. The lowest BCUT2D eigenvalue weighted by Crippen LogP contribution is -2.30. The van der Waals surface area contributed by atoms with Crippen LogP contribution in [0.4, 0.5) is 0 Å². The molecule has 1 rings (SSSR count). The van der Waals surface area contributed by atoms with Gasteiger partial charge in [0, 0.05) is 12.8 Å². The summed E-state index contributed by atoms with van der Waals surface area (Å²) in [4.78, 5) is 3.43. The standard InChI is InChI=1S/C3H6N2O3S/c6-9(7,8)3-4-1-2-5-3/h1,3,5H,2H2,(H,6,7,8). The summed E-state index contributed by atoms with van der Waals surface area (Å²) in [6.45, 7) is 0.393. The lowest BCUT2D eigenvalue weighted by Gasteiger charge is -2.00. The molecule has 0 aliphatic carbocycles. The van der Waals surface area contributed by atoms with E-state index in [1.54, 1.807) is 0 Å². The average molecular weight is 150 g/mol. The van der Waals surface area contributed by atoms with Crippen molar-refractivity contribution >= 4 is 16.3 Å². The minimum Gasteiger partial charge on any atom is -0.283 e. The first kappa shape index (κ1) is 6.66. The zero-order chi connectivity index (χ0) is 6.91. The van der Waals surface area contributed by atoms with Gasteiger partial charge in [-0.2, -0.15) is 8.42 Å². The SMILES string of the molecule is O=S(=O)(O)C1N=CCN1. The van der Waals surface area contributed by atoms with Crippen molar-refractivity contribution in [1.82, 2.24) is 5.32 Å². The monoisotopic (exact) mass is 150 g/mol. The van der Waals surface area contributed by atoms with Gasteiger partial charge in [-0.25, -0.2) is 0 Å².